The lowest BCUT2D eigenvalue weighted by molar-refractivity contribution is 0.0997. The largest absolute Gasteiger partial charge is 0.293 e. The minimum atomic E-state index is -0.302. The SMILES string of the molecule is O=C(Cc1ccc(Cl)c(Cl)c1)c1cc2cc(F)ccc2s1. The summed E-state index contributed by atoms with van der Waals surface area (Å²) >= 11 is 13.2. The number of Topliss-reactive ketones (excluding diaryl/α,β-unsaturated/α-hetero) is 1. The first-order valence-electron chi connectivity index (χ1n) is 6.19. The van der Waals surface area contributed by atoms with Crippen LogP contribution in [-0.2, 0) is 6.42 Å². The van der Waals surface area contributed by atoms with Gasteiger partial charge < -0.3 is 0 Å². The maximum atomic E-state index is 13.2. The number of hydrogen-bond acceptors (Lipinski definition) is 2. The van der Waals surface area contributed by atoms with Crippen LogP contribution in [0.25, 0.3) is 10.1 Å². The van der Waals surface area contributed by atoms with Gasteiger partial charge >= 0.3 is 0 Å². The molecule has 0 aliphatic rings. The van der Waals surface area contributed by atoms with Crippen molar-refractivity contribution in [1.29, 1.82) is 0 Å². The molecule has 0 atom stereocenters. The number of ketones is 1. The number of rotatable bonds is 3. The number of halogens is 3. The Kier molecular flexibility index (Phi) is 3.98. The quantitative estimate of drug-likeness (QED) is 0.554. The Morgan fingerprint density at radius 3 is 2.62 bits per heavy atom. The van der Waals surface area contributed by atoms with Gasteiger partial charge in [0.2, 0.25) is 0 Å². The number of fused-ring (bicyclic) bond motifs is 1. The van der Waals surface area contributed by atoms with Crippen LogP contribution in [0.15, 0.2) is 42.5 Å². The van der Waals surface area contributed by atoms with E-state index < -0.39 is 0 Å². The van der Waals surface area contributed by atoms with Crippen molar-refractivity contribution in [2.45, 2.75) is 6.42 Å². The van der Waals surface area contributed by atoms with E-state index in [4.69, 9.17) is 23.2 Å². The molecule has 0 saturated heterocycles. The molecule has 0 spiro atoms. The van der Waals surface area contributed by atoms with E-state index in [0.29, 0.717) is 14.9 Å². The number of benzene rings is 2. The summed E-state index contributed by atoms with van der Waals surface area (Å²) in [5.41, 5.74) is 0.804. The topological polar surface area (TPSA) is 17.1 Å². The van der Waals surface area contributed by atoms with E-state index in [1.807, 2.05) is 0 Å². The van der Waals surface area contributed by atoms with Crippen molar-refractivity contribution < 1.29 is 9.18 Å². The van der Waals surface area contributed by atoms with Gasteiger partial charge in [-0.05, 0) is 47.3 Å². The van der Waals surface area contributed by atoms with Crippen molar-refractivity contribution in [3.05, 3.63) is 68.8 Å². The van der Waals surface area contributed by atoms with Crippen LogP contribution in [0, 0.1) is 5.82 Å². The molecule has 2 aromatic carbocycles. The monoisotopic (exact) mass is 338 g/mol. The van der Waals surface area contributed by atoms with Gasteiger partial charge in [-0.15, -0.1) is 11.3 Å². The lowest BCUT2D eigenvalue weighted by Gasteiger charge is -2.01. The highest BCUT2D eigenvalue weighted by Crippen LogP contribution is 2.28. The highest BCUT2D eigenvalue weighted by Gasteiger charge is 2.12. The van der Waals surface area contributed by atoms with Crippen molar-refractivity contribution in [3.63, 3.8) is 0 Å². The normalized spacial score (nSPS) is 11.0. The van der Waals surface area contributed by atoms with Gasteiger partial charge in [-0.1, -0.05) is 29.3 Å². The first kappa shape index (κ1) is 14.5. The molecule has 0 aliphatic heterocycles. The smallest absolute Gasteiger partial charge is 0.177 e. The molecular formula is C16H9Cl2FOS. The van der Waals surface area contributed by atoms with Gasteiger partial charge in [-0.25, -0.2) is 4.39 Å². The van der Waals surface area contributed by atoms with Gasteiger partial charge in [-0.3, -0.25) is 4.79 Å². The molecule has 1 heterocycles. The van der Waals surface area contributed by atoms with Crippen LogP contribution in [0.4, 0.5) is 4.39 Å². The molecule has 1 aromatic heterocycles. The second-order valence-corrected chi connectivity index (χ2v) is 6.54. The Labute approximate surface area is 134 Å². The molecule has 0 fully saturated rings. The molecule has 0 unspecified atom stereocenters. The Balaban J connectivity index is 1.87. The Morgan fingerprint density at radius 2 is 1.86 bits per heavy atom. The van der Waals surface area contributed by atoms with E-state index in [1.54, 1.807) is 30.3 Å². The second kappa shape index (κ2) is 5.76. The third-order valence-electron chi connectivity index (χ3n) is 3.10. The number of thiophene rings is 1. The average Bonchev–Trinajstić information content (AvgIpc) is 2.86. The van der Waals surface area contributed by atoms with Crippen molar-refractivity contribution in [1.82, 2.24) is 0 Å². The number of hydrogen-bond donors (Lipinski definition) is 0. The summed E-state index contributed by atoms with van der Waals surface area (Å²) < 4.78 is 14.1. The van der Waals surface area contributed by atoms with Crippen LogP contribution < -0.4 is 0 Å². The summed E-state index contributed by atoms with van der Waals surface area (Å²) in [5, 5.41) is 1.64. The zero-order chi connectivity index (χ0) is 15.0. The predicted octanol–water partition coefficient (Wildman–Crippen LogP) is 5.77. The van der Waals surface area contributed by atoms with Crippen molar-refractivity contribution in [3.8, 4) is 0 Å². The molecular weight excluding hydrogens is 330 g/mol. The van der Waals surface area contributed by atoms with Crippen molar-refractivity contribution in [2.75, 3.05) is 0 Å². The molecule has 0 aliphatic carbocycles. The summed E-state index contributed by atoms with van der Waals surface area (Å²) in [6.07, 6.45) is 0.242. The van der Waals surface area contributed by atoms with E-state index in [0.717, 1.165) is 15.6 Å². The lowest BCUT2D eigenvalue weighted by Crippen LogP contribution is -2.00. The van der Waals surface area contributed by atoms with Crippen LogP contribution >= 0.6 is 34.5 Å². The summed E-state index contributed by atoms with van der Waals surface area (Å²) in [6, 6.07) is 11.4. The van der Waals surface area contributed by atoms with E-state index in [9.17, 15) is 9.18 Å². The van der Waals surface area contributed by atoms with Crippen LogP contribution in [0.3, 0.4) is 0 Å². The second-order valence-electron chi connectivity index (χ2n) is 4.64. The molecule has 0 radical (unpaired) electrons. The fraction of sp³-hybridized carbons (Fsp3) is 0.0625. The van der Waals surface area contributed by atoms with Crippen LogP contribution in [0.5, 0.6) is 0 Å². The van der Waals surface area contributed by atoms with Gasteiger partial charge in [-0.2, -0.15) is 0 Å². The third kappa shape index (κ3) is 3.10. The van der Waals surface area contributed by atoms with Gasteiger partial charge in [0.1, 0.15) is 5.82 Å². The number of carbonyl (C=O) groups excluding carboxylic acids is 1. The van der Waals surface area contributed by atoms with Gasteiger partial charge in [0, 0.05) is 11.1 Å². The number of carbonyl (C=O) groups is 1. The molecule has 0 bridgehead atoms. The Bertz CT molecular complexity index is 841. The molecule has 3 rings (SSSR count). The fourth-order valence-corrected chi connectivity index (χ4v) is 3.38. The molecule has 5 heteroatoms. The van der Waals surface area contributed by atoms with Crippen molar-refractivity contribution >= 4 is 50.4 Å². The first-order valence-corrected chi connectivity index (χ1v) is 7.76. The molecule has 21 heavy (non-hydrogen) atoms. The minimum Gasteiger partial charge on any atom is -0.293 e. The van der Waals surface area contributed by atoms with Crippen LogP contribution in [0.1, 0.15) is 15.2 Å². The van der Waals surface area contributed by atoms with E-state index in [-0.39, 0.29) is 18.0 Å². The van der Waals surface area contributed by atoms with Gasteiger partial charge in [0.05, 0.1) is 14.9 Å². The van der Waals surface area contributed by atoms with E-state index in [1.165, 1.54) is 23.5 Å². The predicted molar refractivity (Wildman–Crippen MR) is 86.3 cm³/mol. The van der Waals surface area contributed by atoms with Crippen molar-refractivity contribution in [2.24, 2.45) is 0 Å². The zero-order valence-corrected chi connectivity index (χ0v) is 13.0. The Hall–Kier alpha value is -1.42. The summed E-state index contributed by atoms with van der Waals surface area (Å²) in [6.45, 7) is 0. The van der Waals surface area contributed by atoms with E-state index in [2.05, 4.69) is 0 Å². The maximum Gasteiger partial charge on any atom is 0.177 e. The average molecular weight is 339 g/mol. The Morgan fingerprint density at radius 1 is 1.05 bits per heavy atom. The van der Waals surface area contributed by atoms with Crippen LogP contribution in [-0.4, -0.2) is 5.78 Å². The molecule has 106 valence electrons. The zero-order valence-electron chi connectivity index (χ0n) is 10.7. The highest BCUT2D eigenvalue weighted by atomic mass is 35.5. The molecule has 0 saturated carbocycles. The molecule has 0 N–H and O–H groups in total. The molecule has 0 amide bonds. The van der Waals surface area contributed by atoms with Crippen LogP contribution in [0.2, 0.25) is 10.0 Å². The standard InChI is InChI=1S/C16H9Cl2FOS/c17-12-3-1-9(5-13(12)18)6-14(20)16-8-10-7-11(19)2-4-15(10)21-16/h1-5,7-8H,6H2. The third-order valence-corrected chi connectivity index (χ3v) is 5.00. The highest BCUT2D eigenvalue weighted by molar-refractivity contribution is 7.20. The summed E-state index contributed by atoms with van der Waals surface area (Å²) in [5.74, 6) is -0.321. The van der Waals surface area contributed by atoms with E-state index >= 15 is 0 Å². The fourth-order valence-electron chi connectivity index (χ4n) is 2.07. The molecule has 3 aromatic rings. The van der Waals surface area contributed by atoms with Gasteiger partial charge in [0.15, 0.2) is 5.78 Å². The molecule has 1 nitrogen and oxygen atoms in total. The first-order chi connectivity index (χ1) is 10.0. The summed E-state index contributed by atoms with van der Waals surface area (Å²) in [7, 11) is 0. The summed E-state index contributed by atoms with van der Waals surface area (Å²) in [4.78, 5) is 12.9. The lowest BCUT2D eigenvalue weighted by atomic mass is 10.1. The maximum absolute atomic E-state index is 13.2. The minimum absolute atomic E-state index is 0.0185. The van der Waals surface area contributed by atoms with Gasteiger partial charge in [0.25, 0.3) is 0 Å².